The molecule has 15 heavy (non-hydrogen) atoms. The van der Waals surface area contributed by atoms with Crippen molar-refractivity contribution >= 4 is 0 Å². The van der Waals surface area contributed by atoms with E-state index >= 15 is 0 Å². The van der Waals surface area contributed by atoms with Crippen molar-refractivity contribution in [3.63, 3.8) is 0 Å². The predicted molar refractivity (Wildman–Crippen MR) is 63.0 cm³/mol. The number of rotatable bonds is 1. The fourth-order valence-corrected chi connectivity index (χ4v) is 3.40. The molecule has 1 aliphatic carbocycles. The molecule has 2 heterocycles. The second-order valence-electron chi connectivity index (χ2n) is 6.07. The summed E-state index contributed by atoms with van der Waals surface area (Å²) in [7, 11) is 2.27. The number of likely N-dealkylation sites (tertiary alicyclic amines) is 2. The first-order valence-electron chi connectivity index (χ1n) is 6.70. The summed E-state index contributed by atoms with van der Waals surface area (Å²) in [6.07, 6.45) is 8.85. The Labute approximate surface area is 93.6 Å². The van der Waals surface area contributed by atoms with Crippen molar-refractivity contribution in [3.8, 4) is 0 Å². The Morgan fingerprint density at radius 2 is 1.40 bits per heavy atom. The lowest BCUT2D eigenvalue weighted by Crippen LogP contribution is -2.46. The Balaban J connectivity index is 1.55. The molecule has 0 atom stereocenters. The average Bonchev–Trinajstić information content (AvgIpc) is 3.08. The smallest absolute Gasteiger partial charge is 0.00964 e. The van der Waals surface area contributed by atoms with Crippen LogP contribution in [0.2, 0.25) is 0 Å². The molecule has 0 amide bonds. The van der Waals surface area contributed by atoms with Crippen molar-refractivity contribution < 1.29 is 0 Å². The maximum absolute atomic E-state index is 2.75. The second kappa shape index (κ2) is 3.74. The summed E-state index contributed by atoms with van der Waals surface area (Å²) in [5, 5.41) is 0. The molecule has 0 unspecified atom stereocenters. The Morgan fingerprint density at radius 3 is 1.93 bits per heavy atom. The first kappa shape index (κ1) is 10.1. The van der Waals surface area contributed by atoms with Crippen LogP contribution in [0.15, 0.2) is 0 Å². The van der Waals surface area contributed by atoms with E-state index in [4.69, 9.17) is 0 Å². The van der Waals surface area contributed by atoms with Gasteiger partial charge in [0.25, 0.3) is 0 Å². The van der Waals surface area contributed by atoms with Crippen molar-refractivity contribution in [1.29, 1.82) is 0 Å². The van der Waals surface area contributed by atoms with Gasteiger partial charge in [-0.1, -0.05) is 0 Å². The van der Waals surface area contributed by atoms with Gasteiger partial charge in [0.2, 0.25) is 0 Å². The molecule has 2 aliphatic heterocycles. The van der Waals surface area contributed by atoms with Gasteiger partial charge in [-0.05, 0) is 77.2 Å². The van der Waals surface area contributed by atoms with Crippen LogP contribution in [-0.4, -0.2) is 49.1 Å². The van der Waals surface area contributed by atoms with Crippen LogP contribution in [0.3, 0.4) is 0 Å². The minimum Gasteiger partial charge on any atom is -0.306 e. The molecule has 1 spiro atoms. The van der Waals surface area contributed by atoms with Gasteiger partial charge in [0.05, 0.1) is 0 Å². The maximum Gasteiger partial charge on any atom is 0.00964 e. The van der Waals surface area contributed by atoms with Crippen molar-refractivity contribution in [3.05, 3.63) is 0 Å². The zero-order chi connectivity index (χ0) is 10.3. The van der Waals surface area contributed by atoms with Crippen molar-refractivity contribution in [1.82, 2.24) is 9.80 Å². The third-order valence-electron chi connectivity index (χ3n) is 4.97. The van der Waals surface area contributed by atoms with E-state index in [1.165, 1.54) is 64.7 Å². The quantitative estimate of drug-likeness (QED) is 0.650. The summed E-state index contributed by atoms with van der Waals surface area (Å²) in [4.78, 5) is 5.25. The zero-order valence-electron chi connectivity index (χ0n) is 10.0. The normalized spacial score (nSPS) is 33.4. The summed E-state index contributed by atoms with van der Waals surface area (Å²) in [6, 6.07) is 0.994. The van der Waals surface area contributed by atoms with E-state index in [-0.39, 0.29) is 0 Å². The predicted octanol–water partition coefficient (Wildman–Crippen LogP) is 1.96. The van der Waals surface area contributed by atoms with Gasteiger partial charge in [-0.3, -0.25) is 0 Å². The molecule has 0 N–H and O–H groups in total. The molecule has 86 valence electrons. The SMILES string of the molecule is CN1CCC2(CC1)CCN(C1CC1)CC2. The Hall–Kier alpha value is -0.0800. The minimum absolute atomic E-state index is 0.748. The summed E-state index contributed by atoms with van der Waals surface area (Å²) >= 11 is 0. The first-order chi connectivity index (χ1) is 7.27. The van der Waals surface area contributed by atoms with Crippen LogP contribution in [0, 0.1) is 5.41 Å². The zero-order valence-corrected chi connectivity index (χ0v) is 10.0. The van der Waals surface area contributed by atoms with Crippen LogP contribution in [0.1, 0.15) is 38.5 Å². The highest BCUT2D eigenvalue weighted by Crippen LogP contribution is 2.43. The van der Waals surface area contributed by atoms with Crippen LogP contribution in [0.25, 0.3) is 0 Å². The van der Waals surface area contributed by atoms with E-state index in [9.17, 15) is 0 Å². The Kier molecular flexibility index (Phi) is 2.52. The fraction of sp³-hybridized carbons (Fsp3) is 1.00. The van der Waals surface area contributed by atoms with E-state index in [0.717, 1.165) is 11.5 Å². The van der Waals surface area contributed by atoms with E-state index in [0.29, 0.717) is 0 Å². The number of piperidine rings is 2. The van der Waals surface area contributed by atoms with Crippen molar-refractivity contribution in [2.24, 2.45) is 5.41 Å². The van der Waals surface area contributed by atoms with E-state index in [1.54, 1.807) is 0 Å². The van der Waals surface area contributed by atoms with Gasteiger partial charge in [0.15, 0.2) is 0 Å². The van der Waals surface area contributed by atoms with Crippen molar-refractivity contribution in [2.75, 3.05) is 33.2 Å². The molecule has 2 nitrogen and oxygen atoms in total. The van der Waals surface area contributed by atoms with Crippen LogP contribution < -0.4 is 0 Å². The third-order valence-corrected chi connectivity index (χ3v) is 4.97. The highest BCUT2D eigenvalue weighted by Gasteiger charge is 2.40. The van der Waals surface area contributed by atoms with Gasteiger partial charge in [0, 0.05) is 6.04 Å². The Morgan fingerprint density at radius 1 is 0.867 bits per heavy atom. The van der Waals surface area contributed by atoms with Crippen molar-refractivity contribution in [2.45, 2.75) is 44.6 Å². The standard InChI is InChI=1S/C13H24N2/c1-14-8-4-13(5-9-14)6-10-15(11-7-13)12-2-3-12/h12H,2-11H2,1H3. The number of nitrogens with zero attached hydrogens (tertiary/aromatic N) is 2. The molecule has 3 aliphatic rings. The lowest BCUT2D eigenvalue weighted by molar-refractivity contribution is 0.0399. The van der Waals surface area contributed by atoms with E-state index < -0.39 is 0 Å². The summed E-state index contributed by atoms with van der Waals surface area (Å²) in [5.74, 6) is 0. The molecule has 2 saturated heterocycles. The lowest BCUT2D eigenvalue weighted by atomic mass is 9.71. The summed E-state index contributed by atoms with van der Waals surface area (Å²) in [6.45, 7) is 5.47. The third kappa shape index (κ3) is 2.07. The topological polar surface area (TPSA) is 6.48 Å². The van der Waals surface area contributed by atoms with Gasteiger partial charge < -0.3 is 9.80 Å². The lowest BCUT2D eigenvalue weighted by Gasteiger charge is -2.46. The van der Waals surface area contributed by atoms with E-state index in [2.05, 4.69) is 16.8 Å². The highest BCUT2D eigenvalue weighted by molar-refractivity contribution is 4.94. The first-order valence-corrected chi connectivity index (χ1v) is 6.70. The second-order valence-corrected chi connectivity index (χ2v) is 6.07. The molecule has 0 aromatic rings. The number of hydrogen-bond donors (Lipinski definition) is 0. The molecule has 2 heteroatoms. The molecule has 0 aromatic heterocycles. The summed E-state index contributed by atoms with van der Waals surface area (Å²) < 4.78 is 0. The number of hydrogen-bond acceptors (Lipinski definition) is 2. The van der Waals surface area contributed by atoms with Crippen LogP contribution in [-0.2, 0) is 0 Å². The minimum atomic E-state index is 0.748. The Bertz CT molecular complexity index is 217. The van der Waals surface area contributed by atoms with Crippen LogP contribution >= 0.6 is 0 Å². The van der Waals surface area contributed by atoms with Crippen LogP contribution in [0.4, 0.5) is 0 Å². The molecular weight excluding hydrogens is 184 g/mol. The van der Waals surface area contributed by atoms with Gasteiger partial charge in [0.1, 0.15) is 0 Å². The molecule has 0 aromatic carbocycles. The van der Waals surface area contributed by atoms with Gasteiger partial charge in [-0.2, -0.15) is 0 Å². The van der Waals surface area contributed by atoms with Gasteiger partial charge in [-0.25, -0.2) is 0 Å². The monoisotopic (exact) mass is 208 g/mol. The molecule has 0 bridgehead atoms. The fourth-order valence-electron chi connectivity index (χ4n) is 3.40. The van der Waals surface area contributed by atoms with Crippen LogP contribution in [0.5, 0.6) is 0 Å². The van der Waals surface area contributed by atoms with E-state index in [1.807, 2.05) is 0 Å². The largest absolute Gasteiger partial charge is 0.306 e. The molecule has 1 saturated carbocycles. The molecular formula is C13H24N2. The molecule has 3 fully saturated rings. The molecule has 3 rings (SSSR count). The van der Waals surface area contributed by atoms with Gasteiger partial charge in [-0.15, -0.1) is 0 Å². The average molecular weight is 208 g/mol. The highest BCUT2D eigenvalue weighted by atomic mass is 15.2. The summed E-state index contributed by atoms with van der Waals surface area (Å²) in [5.41, 5.74) is 0.748. The maximum atomic E-state index is 2.75. The molecule has 0 radical (unpaired) electrons. The van der Waals surface area contributed by atoms with Gasteiger partial charge >= 0.3 is 0 Å².